The van der Waals surface area contributed by atoms with E-state index in [1.807, 2.05) is 13.0 Å². The number of amides is 1. The molecule has 2 fully saturated rings. The summed E-state index contributed by atoms with van der Waals surface area (Å²) in [4.78, 5) is 14.3. The molecule has 3 rings (SSSR count). The minimum absolute atomic E-state index is 0.100. The molecule has 1 aliphatic carbocycles. The lowest BCUT2D eigenvalue weighted by molar-refractivity contribution is -0.160. The largest absolute Gasteiger partial charge is 0.389 e. The van der Waals surface area contributed by atoms with E-state index >= 15 is 0 Å². The van der Waals surface area contributed by atoms with Gasteiger partial charge in [0, 0.05) is 26.7 Å². The van der Waals surface area contributed by atoms with Crippen molar-refractivity contribution in [2.75, 3.05) is 33.3 Å². The number of likely N-dealkylation sites (N-methyl/N-ethyl adjacent to an activating group) is 1. The fraction of sp³-hybridized carbons (Fsp3) is 0.650. The average molecular weight is 346 g/mol. The van der Waals surface area contributed by atoms with Crippen molar-refractivity contribution < 1.29 is 14.6 Å². The summed E-state index contributed by atoms with van der Waals surface area (Å²) in [6.07, 6.45) is 3.64. The molecule has 5 heteroatoms. The molecule has 1 amide bonds. The fourth-order valence-electron chi connectivity index (χ4n) is 4.28. The highest BCUT2D eigenvalue weighted by Crippen LogP contribution is 2.38. The summed E-state index contributed by atoms with van der Waals surface area (Å²) in [7, 11) is 1.63. The van der Waals surface area contributed by atoms with Crippen LogP contribution in [0.2, 0.25) is 0 Å². The predicted octanol–water partition coefficient (Wildman–Crippen LogP) is 1.91. The summed E-state index contributed by atoms with van der Waals surface area (Å²) in [6.45, 7) is 4.25. The molecule has 5 nitrogen and oxygen atoms in total. The van der Waals surface area contributed by atoms with Crippen LogP contribution in [0.4, 0.5) is 0 Å². The number of aliphatic hydroxyl groups is 1. The third-order valence-corrected chi connectivity index (χ3v) is 5.77. The maximum Gasteiger partial charge on any atom is 0.253 e. The summed E-state index contributed by atoms with van der Waals surface area (Å²) in [5, 5.41) is 13.8. The van der Waals surface area contributed by atoms with Crippen molar-refractivity contribution in [2.24, 2.45) is 0 Å². The van der Waals surface area contributed by atoms with Gasteiger partial charge in [-0.15, -0.1) is 0 Å². The number of hydrogen-bond donors (Lipinski definition) is 2. The molecule has 0 aromatic heterocycles. The molecule has 2 aliphatic rings. The Kier molecular flexibility index (Phi) is 5.46. The summed E-state index contributed by atoms with van der Waals surface area (Å²) in [5.74, 6) is 0.444. The van der Waals surface area contributed by atoms with Gasteiger partial charge in [0.1, 0.15) is 0 Å². The second kappa shape index (κ2) is 7.44. The van der Waals surface area contributed by atoms with Crippen LogP contribution in [0.25, 0.3) is 0 Å². The third-order valence-electron chi connectivity index (χ3n) is 5.77. The van der Waals surface area contributed by atoms with Crippen LogP contribution in [-0.2, 0) is 9.53 Å². The number of nitrogens with one attached hydrogen (secondary N) is 1. The van der Waals surface area contributed by atoms with E-state index < -0.39 is 11.2 Å². The van der Waals surface area contributed by atoms with Gasteiger partial charge in [-0.05, 0) is 44.1 Å². The van der Waals surface area contributed by atoms with Crippen molar-refractivity contribution in [2.45, 2.75) is 49.7 Å². The lowest BCUT2D eigenvalue weighted by atomic mass is 9.76. The number of ether oxygens (including phenoxy) is 1. The number of carbonyl (C=O) groups excluding carboxylic acids is 1. The van der Waals surface area contributed by atoms with Gasteiger partial charge in [0.25, 0.3) is 5.91 Å². The Labute approximate surface area is 150 Å². The Morgan fingerprint density at radius 3 is 2.64 bits per heavy atom. The third kappa shape index (κ3) is 4.22. The van der Waals surface area contributed by atoms with E-state index in [1.165, 1.54) is 5.56 Å². The summed E-state index contributed by atoms with van der Waals surface area (Å²) >= 11 is 0. The van der Waals surface area contributed by atoms with E-state index in [0.717, 1.165) is 32.2 Å². The normalized spacial score (nSPS) is 33.8. The average Bonchev–Trinajstić information content (AvgIpc) is 2.62. The number of carbonyl (C=O) groups is 1. The number of nitrogens with zero attached hydrogens (tertiary/aromatic N) is 1. The minimum atomic E-state index is -0.829. The molecule has 1 saturated carbocycles. The standard InChI is InChI=1S/C20H30N2O3/c1-19(18(23)21-2)14-22(12-13-25-19)15-20(24)10-8-17(9-11-20)16-6-4-3-5-7-16/h3-7,17,24H,8-15H2,1-2H3,(H,21,23). The molecule has 0 radical (unpaired) electrons. The maximum absolute atomic E-state index is 12.1. The van der Waals surface area contributed by atoms with Crippen molar-refractivity contribution in [3.8, 4) is 0 Å². The number of benzene rings is 1. The molecule has 2 N–H and O–H groups in total. The van der Waals surface area contributed by atoms with Gasteiger partial charge in [0.15, 0.2) is 5.60 Å². The van der Waals surface area contributed by atoms with Crippen LogP contribution >= 0.6 is 0 Å². The summed E-state index contributed by atoms with van der Waals surface area (Å²) in [5.41, 5.74) is -0.111. The molecule has 1 atom stereocenters. The molecular weight excluding hydrogens is 316 g/mol. The van der Waals surface area contributed by atoms with E-state index in [-0.39, 0.29) is 5.91 Å². The van der Waals surface area contributed by atoms with Crippen molar-refractivity contribution in [3.63, 3.8) is 0 Å². The zero-order chi connectivity index (χ0) is 17.9. The van der Waals surface area contributed by atoms with E-state index in [0.29, 0.717) is 25.6 Å². The highest BCUT2D eigenvalue weighted by atomic mass is 16.5. The molecule has 25 heavy (non-hydrogen) atoms. The van der Waals surface area contributed by atoms with Gasteiger partial charge in [0.2, 0.25) is 0 Å². The van der Waals surface area contributed by atoms with Crippen LogP contribution in [0, 0.1) is 0 Å². The van der Waals surface area contributed by atoms with Gasteiger partial charge >= 0.3 is 0 Å². The topological polar surface area (TPSA) is 61.8 Å². The van der Waals surface area contributed by atoms with Gasteiger partial charge in [-0.3, -0.25) is 9.69 Å². The first-order valence-electron chi connectivity index (χ1n) is 9.30. The molecule has 138 valence electrons. The summed E-state index contributed by atoms with van der Waals surface area (Å²) in [6, 6.07) is 10.6. The molecular formula is C20H30N2O3. The Morgan fingerprint density at radius 1 is 1.32 bits per heavy atom. The second-order valence-corrected chi connectivity index (χ2v) is 7.78. The fourth-order valence-corrected chi connectivity index (χ4v) is 4.28. The lowest BCUT2D eigenvalue weighted by Gasteiger charge is -2.44. The highest BCUT2D eigenvalue weighted by Gasteiger charge is 2.42. The molecule has 1 aromatic carbocycles. The maximum atomic E-state index is 12.1. The van der Waals surface area contributed by atoms with E-state index in [9.17, 15) is 9.90 Å². The number of morpholine rings is 1. The van der Waals surface area contributed by atoms with Crippen LogP contribution in [0.3, 0.4) is 0 Å². The Morgan fingerprint density at radius 2 is 2.00 bits per heavy atom. The first-order valence-corrected chi connectivity index (χ1v) is 9.30. The Hall–Kier alpha value is -1.43. The van der Waals surface area contributed by atoms with Crippen molar-refractivity contribution in [3.05, 3.63) is 35.9 Å². The number of β-amino-alcohol motifs (C(OH)–C–C–N with tert-alkyl or cyclic N) is 1. The van der Waals surface area contributed by atoms with E-state index in [1.54, 1.807) is 7.05 Å². The first kappa shape index (κ1) is 18.4. The van der Waals surface area contributed by atoms with Crippen molar-refractivity contribution >= 4 is 5.91 Å². The quantitative estimate of drug-likeness (QED) is 0.874. The molecule has 0 spiro atoms. The van der Waals surface area contributed by atoms with Gasteiger partial charge in [-0.25, -0.2) is 0 Å². The molecule has 1 saturated heterocycles. The zero-order valence-corrected chi connectivity index (χ0v) is 15.3. The van der Waals surface area contributed by atoms with Gasteiger partial charge in [-0.2, -0.15) is 0 Å². The first-order chi connectivity index (χ1) is 11.9. The molecule has 1 heterocycles. The SMILES string of the molecule is CNC(=O)C1(C)CN(CC2(O)CCC(c3ccccc3)CC2)CCO1. The number of hydrogen-bond acceptors (Lipinski definition) is 4. The van der Waals surface area contributed by atoms with Crippen LogP contribution in [0.5, 0.6) is 0 Å². The minimum Gasteiger partial charge on any atom is -0.389 e. The van der Waals surface area contributed by atoms with Crippen LogP contribution < -0.4 is 5.32 Å². The van der Waals surface area contributed by atoms with Crippen LogP contribution in [0.15, 0.2) is 30.3 Å². The van der Waals surface area contributed by atoms with E-state index in [4.69, 9.17) is 4.74 Å². The molecule has 0 bridgehead atoms. The smallest absolute Gasteiger partial charge is 0.253 e. The van der Waals surface area contributed by atoms with E-state index in [2.05, 4.69) is 34.5 Å². The monoisotopic (exact) mass is 346 g/mol. The highest BCUT2D eigenvalue weighted by molar-refractivity contribution is 5.84. The van der Waals surface area contributed by atoms with Crippen molar-refractivity contribution in [1.82, 2.24) is 10.2 Å². The summed E-state index contributed by atoms with van der Waals surface area (Å²) < 4.78 is 5.71. The van der Waals surface area contributed by atoms with Gasteiger partial charge in [-0.1, -0.05) is 30.3 Å². The Bertz CT molecular complexity index is 584. The van der Waals surface area contributed by atoms with Crippen molar-refractivity contribution in [1.29, 1.82) is 0 Å². The Balaban J connectivity index is 1.57. The zero-order valence-electron chi connectivity index (χ0n) is 15.3. The molecule has 1 aromatic rings. The van der Waals surface area contributed by atoms with Crippen LogP contribution in [-0.4, -0.2) is 60.4 Å². The lowest BCUT2D eigenvalue weighted by Crippen LogP contribution is -2.60. The van der Waals surface area contributed by atoms with Gasteiger partial charge < -0.3 is 15.2 Å². The predicted molar refractivity (Wildman–Crippen MR) is 97.5 cm³/mol. The molecule has 1 aliphatic heterocycles. The van der Waals surface area contributed by atoms with Crippen LogP contribution in [0.1, 0.15) is 44.1 Å². The second-order valence-electron chi connectivity index (χ2n) is 7.78. The number of rotatable bonds is 4. The van der Waals surface area contributed by atoms with Gasteiger partial charge in [0.05, 0.1) is 12.2 Å². The molecule has 1 unspecified atom stereocenters.